The van der Waals surface area contributed by atoms with Crippen LogP contribution >= 0.6 is 0 Å². The van der Waals surface area contributed by atoms with Crippen LogP contribution in [-0.4, -0.2) is 37.6 Å². The van der Waals surface area contributed by atoms with Crippen LogP contribution in [0.25, 0.3) is 0 Å². The molecule has 0 aromatic carbocycles. The van der Waals surface area contributed by atoms with Crippen LogP contribution in [0.1, 0.15) is 12.8 Å². The number of nitrogens with zero attached hydrogens (tertiary/aromatic N) is 1. The van der Waals surface area contributed by atoms with E-state index in [-0.39, 0.29) is 12.6 Å². The summed E-state index contributed by atoms with van der Waals surface area (Å²) < 4.78 is 5.27. The number of carbonyl (C=O) groups is 2. The number of carbonyl (C=O) groups excluding carboxylic acids is 2. The first-order chi connectivity index (χ1) is 7.24. The monoisotopic (exact) mass is 211 g/mol. The van der Waals surface area contributed by atoms with Gasteiger partial charge in [0.2, 0.25) is 0 Å². The second-order valence-electron chi connectivity index (χ2n) is 3.19. The first kappa shape index (κ1) is 11.5. The molecule has 1 aliphatic heterocycles. The third-order valence-corrected chi connectivity index (χ3v) is 2.05. The van der Waals surface area contributed by atoms with Gasteiger partial charge in [-0.25, -0.2) is 0 Å². The van der Waals surface area contributed by atoms with Crippen LogP contribution in [0.4, 0.5) is 0 Å². The van der Waals surface area contributed by atoms with Gasteiger partial charge >= 0.3 is 11.8 Å². The maximum absolute atomic E-state index is 11.1. The van der Waals surface area contributed by atoms with E-state index in [0.717, 1.165) is 12.8 Å². The third-order valence-electron chi connectivity index (χ3n) is 2.05. The lowest BCUT2D eigenvalue weighted by Gasteiger charge is -2.09. The Kier molecular flexibility index (Phi) is 4.57. The van der Waals surface area contributed by atoms with Gasteiger partial charge < -0.3 is 15.4 Å². The van der Waals surface area contributed by atoms with Crippen LogP contribution < -0.4 is 10.6 Å². The van der Waals surface area contributed by atoms with Crippen molar-refractivity contribution in [3.63, 3.8) is 0 Å². The van der Waals surface area contributed by atoms with Gasteiger partial charge in [0.1, 0.15) is 6.54 Å². The van der Waals surface area contributed by atoms with Crippen molar-refractivity contribution in [3.8, 4) is 6.07 Å². The minimum atomic E-state index is -0.783. The van der Waals surface area contributed by atoms with Crippen molar-refractivity contribution in [1.82, 2.24) is 10.6 Å². The molecule has 0 radical (unpaired) electrons. The van der Waals surface area contributed by atoms with E-state index in [4.69, 9.17) is 10.00 Å². The van der Waals surface area contributed by atoms with Crippen LogP contribution in [0.2, 0.25) is 0 Å². The standard InChI is InChI=1S/C9H13N3O3/c10-3-4-11-8(13)9(14)12-6-7-2-1-5-15-7/h7H,1-2,4-6H2,(H,11,13)(H,12,14). The molecular formula is C9H13N3O3. The first-order valence-electron chi connectivity index (χ1n) is 4.78. The molecule has 0 saturated carbocycles. The fraction of sp³-hybridized carbons (Fsp3) is 0.667. The maximum Gasteiger partial charge on any atom is 0.310 e. The van der Waals surface area contributed by atoms with Crippen molar-refractivity contribution in [1.29, 1.82) is 5.26 Å². The van der Waals surface area contributed by atoms with Gasteiger partial charge in [-0.05, 0) is 12.8 Å². The summed E-state index contributed by atoms with van der Waals surface area (Å²) in [6, 6.07) is 1.71. The second kappa shape index (κ2) is 5.98. The summed E-state index contributed by atoms with van der Waals surface area (Å²) >= 11 is 0. The molecule has 1 saturated heterocycles. The van der Waals surface area contributed by atoms with E-state index in [0.29, 0.717) is 13.2 Å². The SMILES string of the molecule is N#CCNC(=O)C(=O)NCC1CCCO1. The number of nitriles is 1. The number of hydrogen-bond donors (Lipinski definition) is 2. The summed E-state index contributed by atoms with van der Waals surface area (Å²) in [6.45, 7) is 0.895. The van der Waals surface area contributed by atoms with E-state index in [1.54, 1.807) is 6.07 Å². The van der Waals surface area contributed by atoms with Crippen molar-refractivity contribution < 1.29 is 14.3 Å². The Hall–Kier alpha value is -1.61. The van der Waals surface area contributed by atoms with Crippen LogP contribution in [0.5, 0.6) is 0 Å². The highest BCUT2D eigenvalue weighted by Crippen LogP contribution is 2.10. The molecule has 1 rings (SSSR count). The molecule has 1 fully saturated rings. The number of nitrogens with one attached hydrogen (secondary N) is 2. The lowest BCUT2D eigenvalue weighted by molar-refractivity contribution is -0.139. The summed E-state index contributed by atoms with van der Waals surface area (Å²) in [5.74, 6) is -1.50. The van der Waals surface area contributed by atoms with Gasteiger partial charge in [-0.15, -0.1) is 0 Å². The van der Waals surface area contributed by atoms with Crippen LogP contribution in [0, 0.1) is 11.3 Å². The van der Waals surface area contributed by atoms with Crippen molar-refractivity contribution >= 4 is 11.8 Å². The zero-order valence-corrected chi connectivity index (χ0v) is 8.28. The van der Waals surface area contributed by atoms with Crippen molar-refractivity contribution in [2.24, 2.45) is 0 Å². The van der Waals surface area contributed by atoms with E-state index >= 15 is 0 Å². The van der Waals surface area contributed by atoms with E-state index < -0.39 is 11.8 Å². The average molecular weight is 211 g/mol. The Balaban J connectivity index is 2.17. The lowest BCUT2D eigenvalue weighted by atomic mass is 10.2. The highest BCUT2D eigenvalue weighted by Gasteiger charge is 2.18. The minimum absolute atomic E-state index is 0.0118. The summed E-state index contributed by atoms with van der Waals surface area (Å²) in [6.07, 6.45) is 1.90. The van der Waals surface area contributed by atoms with Gasteiger partial charge in [-0.3, -0.25) is 9.59 Å². The molecule has 6 heteroatoms. The zero-order valence-electron chi connectivity index (χ0n) is 8.28. The van der Waals surface area contributed by atoms with E-state index in [9.17, 15) is 9.59 Å². The minimum Gasteiger partial charge on any atom is -0.376 e. The molecule has 82 valence electrons. The van der Waals surface area contributed by atoms with Crippen LogP contribution in [0.15, 0.2) is 0 Å². The Morgan fingerprint density at radius 3 is 2.73 bits per heavy atom. The normalized spacial score (nSPS) is 19.3. The molecule has 1 unspecified atom stereocenters. The van der Waals surface area contributed by atoms with E-state index in [2.05, 4.69) is 10.6 Å². The third kappa shape index (κ3) is 3.95. The molecule has 0 spiro atoms. The predicted octanol–water partition coefficient (Wildman–Crippen LogP) is -1.08. The molecule has 1 atom stereocenters. The van der Waals surface area contributed by atoms with E-state index in [1.165, 1.54) is 0 Å². The summed E-state index contributed by atoms with van der Waals surface area (Å²) in [5.41, 5.74) is 0. The molecule has 1 heterocycles. The van der Waals surface area contributed by atoms with Crippen LogP contribution in [-0.2, 0) is 14.3 Å². The molecule has 2 N–H and O–H groups in total. The number of amides is 2. The molecule has 0 aliphatic carbocycles. The largest absolute Gasteiger partial charge is 0.376 e. The Labute approximate surface area is 87.6 Å². The van der Waals surface area contributed by atoms with Gasteiger partial charge in [0.15, 0.2) is 0 Å². The molecule has 0 aromatic rings. The van der Waals surface area contributed by atoms with Gasteiger partial charge in [0.25, 0.3) is 0 Å². The Bertz CT molecular complexity index is 279. The van der Waals surface area contributed by atoms with Gasteiger partial charge in [0, 0.05) is 13.2 Å². The number of hydrogen-bond acceptors (Lipinski definition) is 4. The van der Waals surface area contributed by atoms with Gasteiger partial charge in [-0.2, -0.15) is 5.26 Å². The highest BCUT2D eigenvalue weighted by atomic mass is 16.5. The summed E-state index contributed by atoms with van der Waals surface area (Å²) in [4.78, 5) is 22.1. The molecular weight excluding hydrogens is 198 g/mol. The van der Waals surface area contributed by atoms with Crippen molar-refractivity contribution in [2.45, 2.75) is 18.9 Å². The smallest absolute Gasteiger partial charge is 0.310 e. The topological polar surface area (TPSA) is 91.2 Å². The quantitative estimate of drug-likeness (QED) is 0.459. The average Bonchev–Trinajstić information content (AvgIpc) is 2.75. The Morgan fingerprint density at radius 2 is 2.13 bits per heavy atom. The predicted molar refractivity (Wildman–Crippen MR) is 50.6 cm³/mol. The van der Waals surface area contributed by atoms with Crippen LogP contribution in [0.3, 0.4) is 0 Å². The van der Waals surface area contributed by atoms with Crippen molar-refractivity contribution in [2.75, 3.05) is 19.7 Å². The summed E-state index contributed by atoms with van der Waals surface area (Å²) in [5, 5.41) is 12.8. The second-order valence-corrected chi connectivity index (χ2v) is 3.19. The molecule has 2 amide bonds. The zero-order chi connectivity index (χ0) is 11.1. The summed E-state index contributed by atoms with van der Waals surface area (Å²) in [7, 11) is 0. The maximum atomic E-state index is 11.1. The molecule has 6 nitrogen and oxygen atoms in total. The van der Waals surface area contributed by atoms with Crippen molar-refractivity contribution in [3.05, 3.63) is 0 Å². The van der Waals surface area contributed by atoms with E-state index in [1.807, 2.05) is 0 Å². The number of ether oxygens (including phenoxy) is 1. The molecule has 1 aliphatic rings. The Morgan fingerprint density at radius 1 is 1.40 bits per heavy atom. The molecule has 0 bridgehead atoms. The molecule has 0 aromatic heterocycles. The fourth-order valence-electron chi connectivity index (χ4n) is 1.29. The molecule has 15 heavy (non-hydrogen) atoms. The fourth-order valence-corrected chi connectivity index (χ4v) is 1.29. The van der Waals surface area contributed by atoms with Gasteiger partial charge in [0.05, 0.1) is 12.2 Å². The first-order valence-corrected chi connectivity index (χ1v) is 4.78. The highest BCUT2D eigenvalue weighted by molar-refractivity contribution is 6.35. The lowest BCUT2D eigenvalue weighted by Crippen LogP contribution is -2.42. The number of rotatable bonds is 3. The van der Waals surface area contributed by atoms with Gasteiger partial charge in [-0.1, -0.05) is 0 Å².